The number of nitrogens with zero attached hydrogens (tertiary/aromatic N) is 2. The summed E-state index contributed by atoms with van der Waals surface area (Å²) in [4.78, 5) is 44.5. The van der Waals surface area contributed by atoms with Gasteiger partial charge >= 0.3 is 6.09 Å². The summed E-state index contributed by atoms with van der Waals surface area (Å²) in [7, 11) is 1.24. The van der Waals surface area contributed by atoms with Gasteiger partial charge in [0, 0.05) is 36.0 Å². The van der Waals surface area contributed by atoms with Crippen LogP contribution in [0.4, 0.5) is 25.0 Å². The third-order valence-electron chi connectivity index (χ3n) is 7.66. The largest absolute Gasteiger partial charge is 0.453 e. The molecule has 2 aliphatic rings. The van der Waals surface area contributed by atoms with Gasteiger partial charge < -0.3 is 20.1 Å². The van der Waals surface area contributed by atoms with Gasteiger partial charge in [0.15, 0.2) is 5.82 Å². The van der Waals surface area contributed by atoms with E-state index in [2.05, 4.69) is 20.4 Å². The number of ether oxygens (including phenoxy) is 1. The summed E-state index contributed by atoms with van der Waals surface area (Å²) in [6, 6.07) is 9.98. The van der Waals surface area contributed by atoms with Crippen LogP contribution in [0.15, 0.2) is 54.7 Å². The molecule has 0 aliphatic carbocycles. The van der Waals surface area contributed by atoms with E-state index in [-0.39, 0.29) is 47.9 Å². The van der Waals surface area contributed by atoms with Crippen LogP contribution in [0.25, 0.3) is 16.7 Å². The van der Waals surface area contributed by atoms with Crippen molar-refractivity contribution in [1.82, 2.24) is 9.88 Å². The highest BCUT2D eigenvalue weighted by atomic mass is 35.5. The lowest BCUT2D eigenvalue weighted by molar-refractivity contribution is -0.130. The van der Waals surface area contributed by atoms with Crippen LogP contribution < -0.4 is 10.6 Å². The van der Waals surface area contributed by atoms with E-state index < -0.39 is 41.7 Å². The van der Waals surface area contributed by atoms with Crippen molar-refractivity contribution in [2.24, 2.45) is 5.92 Å². The highest BCUT2D eigenvalue weighted by molar-refractivity contribution is 6.31. The standard InChI is InChI=1S/C31H29ClF2N4O5/c1-16-11-20(39)15-26(38-10-8-18(13-27(38)40)28-23(33)6-5-22(32)29(28)34)25-12-17(7-9-35-25)21-4-3-19(36-31(42)43-2)14-24(21)37-30(16)41/h3-7,9,12-14,16,20,26,39H,8,10-11,15H2,1-2H3,(H,36,42)(H,37,41). The second kappa shape index (κ2) is 12.5. The number of carbonyl (C=O) groups is 3. The van der Waals surface area contributed by atoms with Crippen molar-refractivity contribution >= 4 is 46.5 Å². The van der Waals surface area contributed by atoms with E-state index in [0.29, 0.717) is 28.2 Å². The van der Waals surface area contributed by atoms with Crippen LogP contribution in [0, 0.1) is 17.6 Å². The Bertz CT molecular complexity index is 1630. The number of benzene rings is 2. The highest BCUT2D eigenvalue weighted by Crippen LogP contribution is 2.38. The number of halogens is 3. The van der Waals surface area contributed by atoms with Crippen LogP contribution in [0.2, 0.25) is 5.02 Å². The normalized spacial score (nSPS) is 20.7. The number of rotatable bonds is 3. The molecule has 224 valence electrons. The van der Waals surface area contributed by atoms with Crippen molar-refractivity contribution in [1.29, 1.82) is 0 Å². The predicted octanol–water partition coefficient (Wildman–Crippen LogP) is 5.94. The van der Waals surface area contributed by atoms with Crippen molar-refractivity contribution in [3.63, 3.8) is 0 Å². The molecule has 2 aliphatic heterocycles. The monoisotopic (exact) mass is 610 g/mol. The zero-order valence-electron chi connectivity index (χ0n) is 23.4. The lowest BCUT2D eigenvalue weighted by Gasteiger charge is -2.35. The van der Waals surface area contributed by atoms with Gasteiger partial charge in [0.1, 0.15) is 5.82 Å². The zero-order chi connectivity index (χ0) is 30.8. The minimum Gasteiger partial charge on any atom is -0.453 e. The molecule has 9 nitrogen and oxygen atoms in total. The highest BCUT2D eigenvalue weighted by Gasteiger charge is 2.33. The Labute approximate surface area is 251 Å². The number of aliphatic hydroxyl groups excluding tert-OH is 1. The summed E-state index contributed by atoms with van der Waals surface area (Å²) < 4.78 is 34.0. The van der Waals surface area contributed by atoms with E-state index in [1.807, 2.05) is 0 Å². The molecule has 3 atom stereocenters. The maximum absolute atomic E-state index is 14.7. The van der Waals surface area contributed by atoms with E-state index in [4.69, 9.17) is 11.6 Å². The molecule has 3 amide bonds. The Morgan fingerprint density at radius 1 is 1.16 bits per heavy atom. The fourth-order valence-corrected chi connectivity index (χ4v) is 5.62. The first kappa shape index (κ1) is 30.1. The lowest BCUT2D eigenvalue weighted by atomic mass is 9.91. The first-order valence-electron chi connectivity index (χ1n) is 13.6. The van der Waals surface area contributed by atoms with E-state index >= 15 is 0 Å². The molecular weight excluding hydrogens is 582 g/mol. The first-order valence-corrected chi connectivity index (χ1v) is 14.0. The summed E-state index contributed by atoms with van der Waals surface area (Å²) in [5.74, 6) is -3.19. The van der Waals surface area contributed by atoms with Gasteiger partial charge in [-0.15, -0.1) is 0 Å². The van der Waals surface area contributed by atoms with Crippen LogP contribution in [-0.2, 0) is 14.3 Å². The number of amides is 3. The Hall–Kier alpha value is -4.35. The fourth-order valence-electron chi connectivity index (χ4n) is 5.46. The van der Waals surface area contributed by atoms with Crippen LogP contribution in [0.5, 0.6) is 0 Å². The summed E-state index contributed by atoms with van der Waals surface area (Å²) in [5, 5.41) is 16.3. The molecular formula is C31H29ClF2N4O5. The smallest absolute Gasteiger partial charge is 0.411 e. The second-order valence-corrected chi connectivity index (χ2v) is 11.0. The quantitative estimate of drug-likeness (QED) is 0.316. The third-order valence-corrected chi connectivity index (χ3v) is 7.95. The van der Waals surface area contributed by atoms with Gasteiger partial charge in [-0.2, -0.15) is 0 Å². The lowest BCUT2D eigenvalue weighted by Crippen LogP contribution is -2.39. The van der Waals surface area contributed by atoms with Gasteiger partial charge in [0.2, 0.25) is 11.8 Å². The molecule has 3 N–H and O–H groups in total. The average molecular weight is 611 g/mol. The van der Waals surface area contributed by atoms with Crippen LogP contribution >= 0.6 is 11.6 Å². The Morgan fingerprint density at radius 2 is 1.95 bits per heavy atom. The number of hydrogen-bond acceptors (Lipinski definition) is 6. The van der Waals surface area contributed by atoms with E-state index in [1.165, 1.54) is 18.1 Å². The Morgan fingerprint density at radius 3 is 2.70 bits per heavy atom. The van der Waals surface area contributed by atoms with E-state index in [9.17, 15) is 28.3 Å². The predicted molar refractivity (Wildman–Crippen MR) is 157 cm³/mol. The molecule has 0 fully saturated rings. The molecule has 0 radical (unpaired) electrons. The van der Waals surface area contributed by atoms with Gasteiger partial charge in [-0.25, -0.2) is 13.6 Å². The van der Waals surface area contributed by atoms with Crippen molar-refractivity contribution in [3.05, 3.63) is 82.7 Å². The molecule has 1 aromatic heterocycles. The number of methoxy groups -OCH3 is 1. The molecule has 0 saturated heterocycles. The summed E-state index contributed by atoms with van der Waals surface area (Å²) in [6.07, 6.45) is 1.42. The van der Waals surface area contributed by atoms with Gasteiger partial charge in [-0.05, 0) is 66.8 Å². The van der Waals surface area contributed by atoms with Crippen molar-refractivity contribution in [3.8, 4) is 11.1 Å². The molecule has 12 heteroatoms. The van der Waals surface area contributed by atoms with Gasteiger partial charge in [-0.1, -0.05) is 24.6 Å². The number of aliphatic hydroxyl groups is 1. The maximum Gasteiger partial charge on any atom is 0.411 e. The van der Waals surface area contributed by atoms with Crippen molar-refractivity contribution in [2.75, 3.05) is 24.3 Å². The van der Waals surface area contributed by atoms with E-state index in [1.54, 1.807) is 43.5 Å². The van der Waals surface area contributed by atoms with Crippen LogP contribution in [0.1, 0.15) is 43.5 Å². The Balaban J connectivity index is 1.55. The number of aromatic nitrogens is 1. The zero-order valence-corrected chi connectivity index (χ0v) is 24.1. The van der Waals surface area contributed by atoms with Gasteiger partial charge in [0.25, 0.3) is 0 Å². The molecule has 3 aromatic rings. The molecule has 43 heavy (non-hydrogen) atoms. The molecule has 2 bridgehead atoms. The maximum atomic E-state index is 14.7. The number of nitrogens with one attached hydrogen (secondary N) is 2. The summed E-state index contributed by atoms with van der Waals surface area (Å²) >= 11 is 5.88. The molecule has 3 unspecified atom stereocenters. The minimum absolute atomic E-state index is 0.0811. The van der Waals surface area contributed by atoms with Crippen LogP contribution in [0.3, 0.4) is 0 Å². The SMILES string of the molecule is COC(=O)Nc1ccc2c(c1)NC(=O)C(C)CC(O)CC(N1CCC(c3c(F)ccc(Cl)c3F)=CC1=O)c1cc-2ccn1. The minimum atomic E-state index is -0.983. The number of anilines is 2. The second-order valence-electron chi connectivity index (χ2n) is 10.5. The van der Waals surface area contributed by atoms with Gasteiger partial charge in [0.05, 0.1) is 41.2 Å². The molecule has 0 spiro atoms. The molecule has 0 saturated carbocycles. The van der Waals surface area contributed by atoms with E-state index in [0.717, 1.165) is 12.1 Å². The Kier molecular flexibility index (Phi) is 8.74. The summed E-state index contributed by atoms with van der Waals surface area (Å²) in [6.45, 7) is 1.79. The number of fused-ring (bicyclic) bond motifs is 4. The van der Waals surface area contributed by atoms with Gasteiger partial charge in [-0.3, -0.25) is 19.9 Å². The fraction of sp³-hybridized carbons (Fsp3) is 0.290. The number of hydrogen-bond donors (Lipinski definition) is 3. The molecule has 5 rings (SSSR count). The van der Waals surface area contributed by atoms with Crippen LogP contribution in [-0.4, -0.2) is 52.7 Å². The van der Waals surface area contributed by atoms with Crippen molar-refractivity contribution < 1.29 is 33.0 Å². The average Bonchev–Trinajstić information content (AvgIpc) is 2.98. The third kappa shape index (κ3) is 6.37. The first-order chi connectivity index (χ1) is 20.5. The molecule has 3 heterocycles. The number of carbonyl (C=O) groups excluding carboxylic acids is 3. The molecule has 2 aromatic carbocycles. The van der Waals surface area contributed by atoms with Crippen molar-refractivity contribution in [2.45, 2.75) is 38.3 Å². The number of pyridine rings is 1. The summed E-state index contributed by atoms with van der Waals surface area (Å²) in [5.41, 5.74) is 2.46. The topological polar surface area (TPSA) is 121 Å².